The van der Waals surface area contributed by atoms with Gasteiger partial charge in [0.15, 0.2) is 0 Å². The maximum absolute atomic E-state index is 12.5. The van der Waals surface area contributed by atoms with Crippen molar-refractivity contribution < 1.29 is 9.21 Å². The monoisotopic (exact) mass is 347 g/mol. The zero-order valence-corrected chi connectivity index (χ0v) is 14.9. The van der Waals surface area contributed by atoms with E-state index in [0.717, 1.165) is 51.3 Å². The molecule has 0 spiro atoms. The third-order valence-electron chi connectivity index (χ3n) is 4.29. The van der Waals surface area contributed by atoms with Gasteiger partial charge in [-0.1, -0.05) is 6.07 Å². The number of hydrogen-bond acceptors (Lipinski definition) is 4. The molecule has 0 unspecified atom stereocenters. The minimum absolute atomic E-state index is 0.0343. The molecule has 3 rings (SSSR count). The van der Waals surface area contributed by atoms with Crippen molar-refractivity contribution in [2.45, 2.75) is 32.4 Å². The summed E-state index contributed by atoms with van der Waals surface area (Å²) < 4.78 is 5.34. The van der Waals surface area contributed by atoms with E-state index in [-0.39, 0.29) is 12.1 Å². The highest BCUT2D eigenvalue weighted by molar-refractivity contribution is 7.09. The molecule has 1 N–H and O–H groups in total. The Balaban J connectivity index is 1.45. The predicted octanol–water partition coefficient (Wildman–Crippen LogP) is 3.19. The number of urea groups is 1. The minimum atomic E-state index is 0.0343. The van der Waals surface area contributed by atoms with Gasteiger partial charge in [-0.05, 0) is 36.9 Å². The van der Waals surface area contributed by atoms with Crippen molar-refractivity contribution in [1.82, 2.24) is 15.1 Å². The molecule has 3 heterocycles. The van der Waals surface area contributed by atoms with E-state index in [4.69, 9.17) is 4.42 Å². The van der Waals surface area contributed by atoms with Crippen molar-refractivity contribution in [2.24, 2.45) is 0 Å². The second-order valence-corrected chi connectivity index (χ2v) is 7.36. The molecule has 24 heavy (non-hydrogen) atoms. The van der Waals surface area contributed by atoms with E-state index < -0.39 is 0 Å². The minimum Gasteiger partial charge on any atom is -0.469 e. The molecule has 0 saturated carbocycles. The summed E-state index contributed by atoms with van der Waals surface area (Å²) in [6.07, 6.45) is 3.41. The van der Waals surface area contributed by atoms with Gasteiger partial charge < -0.3 is 14.6 Å². The number of thiophene rings is 1. The maximum atomic E-state index is 12.5. The van der Waals surface area contributed by atoms with Crippen molar-refractivity contribution in [2.75, 3.05) is 26.2 Å². The van der Waals surface area contributed by atoms with Gasteiger partial charge in [0.25, 0.3) is 0 Å². The molecule has 0 radical (unpaired) electrons. The van der Waals surface area contributed by atoms with E-state index in [9.17, 15) is 4.79 Å². The lowest BCUT2D eigenvalue weighted by molar-refractivity contribution is 0.194. The quantitative estimate of drug-likeness (QED) is 0.904. The Morgan fingerprint density at radius 2 is 2.21 bits per heavy atom. The van der Waals surface area contributed by atoms with E-state index in [2.05, 4.69) is 27.7 Å². The Bertz CT molecular complexity index is 612. The van der Waals surface area contributed by atoms with Gasteiger partial charge in [0.2, 0.25) is 0 Å². The highest BCUT2D eigenvalue weighted by Crippen LogP contribution is 2.14. The summed E-state index contributed by atoms with van der Waals surface area (Å²) in [5.74, 6) is 0.904. The third kappa shape index (κ3) is 4.85. The second kappa shape index (κ2) is 8.35. The lowest BCUT2D eigenvalue weighted by Gasteiger charge is -2.24. The molecule has 0 aromatic carbocycles. The van der Waals surface area contributed by atoms with Crippen LogP contribution in [-0.4, -0.2) is 48.1 Å². The lowest BCUT2D eigenvalue weighted by Crippen LogP contribution is -2.45. The van der Waals surface area contributed by atoms with Crippen LogP contribution < -0.4 is 5.32 Å². The summed E-state index contributed by atoms with van der Waals surface area (Å²) in [6.45, 7) is 6.58. The summed E-state index contributed by atoms with van der Waals surface area (Å²) >= 11 is 1.80. The summed E-state index contributed by atoms with van der Waals surface area (Å²) in [5.41, 5.74) is 0. The van der Waals surface area contributed by atoms with Crippen molar-refractivity contribution in [3.8, 4) is 0 Å². The average Bonchev–Trinajstić information content (AvgIpc) is 3.19. The number of nitrogens with one attached hydrogen (secondary N) is 1. The average molecular weight is 347 g/mol. The molecule has 1 aliphatic rings. The van der Waals surface area contributed by atoms with Gasteiger partial charge in [-0.25, -0.2) is 4.79 Å². The van der Waals surface area contributed by atoms with E-state index in [1.807, 2.05) is 24.0 Å². The first kappa shape index (κ1) is 17.0. The first-order valence-electron chi connectivity index (χ1n) is 8.53. The maximum Gasteiger partial charge on any atom is 0.317 e. The number of carbonyl (C=O) groups is 1. The first-order valence-corrected chi connectivity index (χ1v) is 9.41. The van der Waals surface area contributed by atoms with E-state index in [1.165, 1.54) is 4.88 Å². The zero-order valence-electron chi connectivity index (χ0n) is 14.1. The van der Waals surface area contributed by atoms with Crippen molar-refractivity contribution in [3.63, 3.8) is 0 Å². The van der Waals surface area contributed by atoms with Crippen LogP contribution in [0.4, 0.5) is 4.79 Å². The largest absolute Gasteiger partial charge is 0.469 e. The number of furan rings is 1. The van der Waals surface area contributed by atoms with Gasteiger partial charge >= 0.3 is 6.03 Å². The first-order chi connectivity index (χ1) is 11.7. The Hall–Kier alpha value is -1.79. The van der Waals surface area contributed by atoms with Crippen molar-refractivity contribution in [3.05, 3.63) is 46.5 Å². The fraction of sp³-hybridized carbons (Fsp3) is 0.500. The van der Waals surface area contributed by atoms with E-state index >= 15 is 0 Å². The topological polar surface area (TPSA) is 48.7 Å². The lowest BCUT2D eigenvalue weighted by atomic mass is 10.2. The number of amides is 2. The number of carbonyl (C=O) groups excluding carboxylic acids is 1. The van der Waals surface area contributed by atoms with Crippen LogP contribution in [0.15, 0.2) is 40.3 Å². The Morgan fingerprint density at radius 1 is 1.29 bits per heavy atom. The normalized spacial score (nSPS) is 17.5. The fourth-order valence-electron chi connectivity index (χ4n) is 3.04. The highest BCUT2D eigenvalue weighted by Gasteiger charge is 2.20. The summed E-state index contributed by atoms with van der Waals surface area (Å²) in [4.78, 5) is 18.2. The van der Waals surface area contributed by atoms with Gasteiger partial charge in [-0.3, -0.25) is 4.90 Å². The van der Waals surface area contributed by atoms with Crippen LogP contribution in [0.1, 0.15) is 24.0 Å². The van der Waals surface area contributed by atoms with Crippen molar-refractivity contribution in [1.29, 1.82) is 0 Å². The van der Waals surface area contributed by atoms with Gasteiger partial charge in [0.05, 0.1) is 6.26 Å². The Labute approximate surface area is 147 Å². The predicted molar refractivity (Wildman–Crippen MR) is 96.2 cm³/mol. The van der Waals surface area contributed by atoms with Crippen molar-refractivity contribution >= 4 is 17.4 Å². The summed E-state index contributed by atoms with van der Waals surface area (Å²) in [5, 5.41) is 5.20. The van der Waals surface area contributed by atoms with Crippen LogP contribution in [0.5, 0.6) is 0 Å². The molecule has 1 atom stereocenters. The highest BCUT2D eigenvalue weighted by atomic mass is 32.1. The van der Waals surface area contributed by atoms with E-state index in [0.29, 0.717) is 0 Å². The molecule has 1 aliphatic heterocycles. The molecular weight excluding hydrogens is 322 g/mol. The molecule has 1 fully saturated rings. The summed E-state index contributed by atoms with van der Waals surface area (Å²) in [7, 11) is 0. The van der Waals surface area contributed by atoms with Crippen LogP contribution >= 0.6 is 11.3 Å². The molecule has 2 amide bonds. The molecule has 6 heteroatoms. The molecule has 130 valence electrons. The molecule has 0 bridgehead atoms. The van der Waals surface area contributed by atoms with E-state index in [1.54, 1.807) is 17.6 Å². The van der Waals surface area contributed by atoms with Crippen LogP contribution in [-0.2, 0) is 13.0 Å². The fourth-order valence-corrected chi connectivity index (χ4v) is 3.78. The Kier molecular flexibility index (Phi) is 5.93. The van der Waals surface area contributed by atoms with Gasteiger partial charge in [0, 0.05) is 50.1 Å². The number of hydrogen-bond donors (Lipinski definition) is 1. The van der Waals surface area contributed by atoms with Gasteiger partial charge in [-0.2, -0.15) is 0 Å². The number of nitrogens with zero attached hydrogens (tertiary/aromatic N) is 2. The summed E-state index contributed by atoms with van der Waals surface area (Å²) in [6, 6.07) is 8.19. The molecule has 5 nitrogen and oxygen atoms in total. The van der Waals surface area contributed by atoms with Crippen LogP contribution in [0, 0.1) is 0 Å². The molecule has 0 aliphatic carbocycles. The Morgan fingerprint density at radius 3 is 2.96 bits per heavy atom. The van der Waals surface area contributed by atoms with Crippen LogP contribution in [0.2, 0.25) is 0 Å². The standard InChI is InChI=1S/C18H25N3O2S/c1-15(13-16-5-2-11-23-16)19-18(22)21-8-4-7-20(9-10-21)14-17-6-3-12-24-17/h2-3,5-6,11-12,15H,4,7-10,13-14H2,1H3,(H,19,22)/t15-/m0/s1. The smallest absolute Gasteiger partial charge is 0.317 e. The van der Waals surface area contributed by atoms with Gasteiger partial charge in [0.1, 0.15) is 5.76 Å². The molecular formula is C18H25N3O2S. The SMILES string of the molecule is C[C@@H](Cc1ccco1)NC(=O)N1CCCN(Cc2cccs2)CC1. The van der Waals surface area contributed by atoms with Gasteiger partial charge in [-0.15, -0.1) is 11.3 Å². The molecule has 2 aromatic rings. The molecule has 1 saturated heterocycles. The second-order valence-electron chi connectivity index (χ2n) is 6.33. The number of rotatable bonds is 5. The molecule has 2 aromatic heterocycles. The van der Waals surface area contributed by atoms with Crippen LogP contribution in [0.3, 0.4) is 0 Å². The third-order valence-corrected chi connectivity index (χ3v) is 5.15. The van der Waals surface area contributed by atoms with Crippen LogP contribution in [0.25, 0.3) is 0 Å². The zero-order chi connectivity index (χ0) is 16.8.